The third-order valence-electron chi connectivity index (χ3n) is 3.76. The van der Waals surface area contributed by atoms with Crippen molar-refractivity contribution < 1.29 is 4.74 Å². The molecule has 1 N–H and O–H groups in total. The minimum Gasteiger partial charge on any atom is -0.383 e. The number of ether oxygens (including phenoxy) is 1. The Morgan fingerprint density at radius 3 is 2.50 bits per heavy atom. The molecule has 14 heavy (non-hydrogen) atoms. The summed E-state index contributed by atoms with van der Waals surface area (Å²) in [5.74, 6) is 1.81. The van der Waals surface area contributed by atoms with Crippen molar-refractivity contribution >= 4 is 0 Å². The molecule has 2 rings (SSSR count). The first-order valence-electron chi connectivity index (χ1n) is 5.78. The van der Waals surface area contributed by atoms with E-state index in [1.807, 2.05) is 0 Å². The summed E-state index contributed by atoms with van der Waals surface area (Å²) in [5.41, 5.74) is 0. The molecule has 82 valence electrons. The van der Waals surface area contributed by atoms with Crippen LogP contribution < -0.4 is 5.32 Å². The van der Waals surface area contributed by atoms with Gasteiger partial charge in [0.1, 0.15) is 0 Å². The average molecular weight is 198 g/mol. The highest BCUT2D eigenvalue weighted by atomic mass is 16.5. The fraction of sp³-hybridized carbons (Fsp3) is 1.00. The van der Waals surface area contributed by atoms with Gasteiger partial charge >= 0.3 is 0 Å². The SMILES string of the molecule is CCC(COC)N1CC2CNCC2C1. The monoisotopic (exact) mass is 198 g/mol. The van der Waals surface area contributed by atoms with Crippen molar-refractivity contribution in [3.63, 3.8) is 0 Å². The molecular weight excluding hydrogens is 176 g/mol. The number of nitrogens with zero attached hydrogens (tertiary/aromatic N) is 1. The van der Waals surface area contributed by atoms with Gasteiger partial charge in [-0.1, -0.05) is 6.92 Å². The van der Waals surface area contributed by atoms with Crippen molar-refractivity contribution in [1.82, 2.24) is 10.2 Å². The van der Waals surface area contributed by atoms with E-state index in [0.29, 0.717) is 6.04 Å². The molecule has 2 aliphatic rings. The molecule has 0 spiro atoms. The lowest BCUT2D eigenvalue weighted by atomic mass is 10.0. The molecule has 2 aliphatic heterocycles. The van der Waals surface area contributed by atoms with Crippen LogP contribution in [0.1, 0.15) is 13.3 Å². The van der Waals surface area contributed by atoms with E-state index in [1.165, 1.54) is 32.6 Å². The van der Waals surface area contributed by atoms with Crippen molar-refractivity contribution in [2.45, 2.75) is 19.4 Å². The molecule has 2 saturated heterocycles. The molecule has 3 nitrogen and oxygen atoms in total. The first kappa shape index (κ1) is 10.4. The van der Waals surface area contributed by atoms with Crippen LogP contribution in [0.3, 0.4) is 0 Å². The lowest BCUT2D eigenvalue weighted by Crippen LogP contribution is -2.38. The van der Waals surface area contributed by atoms with E-state index in [-0.39, 0.29) is 0 Å². The number of hydrogen-bond donors (Lipinski definition) is 1. The highest BCUT2D eigenvalue weighted by molar-refractivity contribution is 4.93. The van der Waals surface area contributed by atoms with Crippen molar-refractivity contribution in [3.05, 3.63) is 0 Å². The molecule has 0 aromatic rings. The van der Waals surface area contributed by atoms with Crippen LogP contribution in [0.2, 0.25) is 0 Å². The third kappa shape index (κ3) is 1.95. The van der Waals surface area contributed by atoms with Crippen LogP contribution in [0.5, 0.6) is 0 Å². The van der Waals surface area contributed by atoms with Gasteiger partial charge < -0.3 is 10.1 Å². The lowest BCUT2D eigenvalue weighted by molar-refractivity contribution is 0.0981. The zero-order valence-corrected chi connectivity index (χ0v) is 9.33. The van der Waals surface area contributed by atoms with Crippen LogP contribution in [0.4, 0.5) is 0 Å². The van der Waals surface area contributed by atoms with Crippen molar-refractivity contribution in [2.75, 3.05) is 39.9 Å². The Kier molecular flexibility index (Phi) is 3.42. The van der Waals surface area contributed by atoms with Gasteiger partial charge in [-0.05, 0) is 31.3 Å². The molecule has 2 heterocycles. The minimum atomic E-state index is 0.644. The number of methoxy groups -OCH3 is 1. The van der Waals surface area contributed by atoms with Crippen LogP contribution >= 0.6 is 0 Å². The van der Waals surface area contributed by atoms with Gasteiger partial charge in [0.2, 0.25) is 0 Å². The van der Waals surface area contributed by atoms with Crippen LogP contribution in [0.15, 0.2) is 0 Å². The summed E-state index contributed by atoms with van der Waals surface area (Å²) in [4.78, 5) is 2.62. The van der Waals surface area contributed by atoms with Gasteiger partial charge in [-0.3, -0.25) is 4.90 Å². The third-order valence-corrected chi connectivity index (χ3v) is 3.76. The molecule has 3 heteroatoms. The Morgan fingerprint density at radius 2 is 2.00 bits per heavy atom. The van der Waals surface area contributed by atoms with Crippen molar-refractivity contribution in [1.29, 1.82) is 0 Å². The van der Waals surface area contributed by atoms with E-state index >= 15 is 0 Å². The summed E-state index contributed by atoms with van der Waals surface area (Å²) in [7, 11) is 1.81. The van der Waals surface area contributed by atoms with Crippen LogP contribution in [0, 0.1) is 11.8 Å². The molecule has 3 unspecified atom stereocenters. The molecule has 0 aliphatic carbocycles. The molecule has 0 amide bonds. The first-order valence-corrected chi connectivity index (χ1v) is 5.78. The molecule has 0 aromatic heterocycles. The summed E-state index contributed by atoms with van der Waals surface area (Å²) in [6.07, 6.45) is 1.21. The second-order valence-electron chi connectivity index (χ2n) is 4.65. The largest absolute Gasteiger partial charge is 0.383 e. The Balaban J connectivity index is 1.87. The van der Waals surface area contributed by atoms with E-state index in [9.17, 15) is 0 Å². The van der Waals surface area contributed by atoms with Crippen LogP contribution in [-0.4, -0.2) is 50.8 Å². The fourth-order valence-corrected chi connectivity index (χ4v) is 2.86. The molecule has 2 fully saturated rings. The molecular formula is C11H22N2O. The molecule has 0 saturated carbocycles. The van der Waals surface area contributed by atoms with Gasteiger partial charge in [0.25, 0.3) is 0 Å². The van der Waals surface area contributed by atoms with E-state index in [1.54, 1.807) is 7.11 Å². The smallest absolute Gasteiger partial charge is 0.0617 e. The zero-order valence-electron chi connectivity index (χ0n) is 9.33. The Labute approximate surface area is 86.8 Å². The predicted octanol–water partition coefficient (Wildman–Crippen LogP) is 0.563. The van der Waals surface area contributed by atoms with Gasteiger partial charge in [0.15, 0.2) is 0 Å². The standard InChI is InChI=1S/C11H22N2O/c1-3-11(8-14-2)13-6-9-4-12-5-10(9)7-13/h9-12H,3-8H2,1-2H3. The maximum atomic E-state index is 5.27. The second kappa shape index (κ2) is 4.60. The normalized spacial score (nSPS) is 34.7. The predicted molar refractivity (Wildman–Crippen MR) is 57.4 cm³/mol. The van der Waals surface area contributed by atoms with Gasteiger partial charge in [-0.15, -0.1) is 0 Å². The van der Waals surface area contributed by atoms with E-state index in [4.69, 9.17) is 4.74 Å². The van der Waals surface area contributed by atoms with Gasteiger partial charge in [0.05, 0.1) is 6.61 Å². The molecule has 0 aromatic carbocycles. The lowest BCUT2D eigenvalue weighted by Gasteiger charge is -2.26. The Bertz CT molecular complexity index is 174. The Morgan fingerprint density at radius 1 is 1.36 bits per heavy atom. The first-order chi connectivity index (χ1) is 6.85. The molecule has 0 bridgehead atoms. The summed E-state index contributed by atoms with van der Waals surface area (Å²) in [6, 6.07) is 0.644. The van der Waals surface area contributed by atoms with Crippen LogP contribution in [-0.2, 0) is 4.74 Å². The van der Waals surface area contributed by atoms with E-state index in [2.05, 4.69) is 17.1 Å². The summed E-state index contributed by atoms with van der Waals surface area (Å²) in [5, 5.41) is 3.48. The summed E-state index contributed by atoms with van der Waals surface area (Å²) in [6.45, 7) is 8.16. The average Bonchev–Trinajstić information content (AvgIpc) is 2.73. The maximum absolute atomic E-state index is 5.27. The maximum Gasteiger partial charge on any atom is 0.0617 e. The molecule has 3 atom stereocenters. The number of rotatable bonds is 4. The van der Waals surface area contributed by atoms with E-state index < -0.39 is 0 Å². The summed E-state index contributed by atoms with van der Waals surface area (Å²) >= 11 is 0. The summed E-state index contributed by atoms with van der Waals surface area (Å²) < 4.78 is 5.27. The van der Waals surface area contributed by atoms with Gasteiger partial charge in [-0.25, -0.2) is 0 Å². The number of likely N-dealkylation sites (tertiary alicyclic amines) is 1. The molecule has 0 radical (unpaired) electrons. The number of hydrogen-bond acceptors (Lipinski definition) is 3. The van der Waals surface area contributed by atoms with E-state index in [0.717, 1.165) is 18.4 Å². The topological polar surface area (TPSA) is 24.5 Å². The number of fused-ring (bicyclic) bond motifs is 1. The second-order valence-corrected chi connectivity index (χ2v) is 4.65. The van der Waals surface area contributed by atoms with Gasteiger partial charge in [-0.2, -0.15) is 0 Å². The quantitative estimate of drug-likeness (QED) is 0.714. The number of nitrogens with one attached hydrogen (secondary N) is 1. The fourth-order valence-electron chi connectivity index (χ4n) is 2.86. The van der Waals surface area contributed by atoms with Crippen LogP contribution in [0.25, 0.3) is 0 Å². The minimum absolute atomic E-state index is 0.644. The van der Waals surface area contributed by atoms with Gasteiger partial charge in [0, 0.05) is 26.2 Å². The highest BCUT2D eigenvalue weighted by Crippen LogP contribution is 2.28. The zero-order chi connectivity index (χ0) is 9.97. The highest BCUT2D eigenvalue weighted by Gasteiger charge is 2.38. The van der Waals surface area contributed by atoms with Crippen molar-refractivity contribution in [2.24, 2.45) is 11.8 Å². The Hall–Kier alpha value is -0.120. The van der Waals surface area contributed by atoms with Crippen molar-refractivity contribution in [3.8, 4) is 0 Å².